The highest BCUT2D eigenvalue weighted by Crippen LogP contribution is 2.26. The van der Waals surface area contributed by atoms with Gasteiger partial charge in [-0.1, -0.05) is 27.7 Å². The molecule has 0 saturated carbocycles. The molecule has 0 spiro atoms. The Bertz CT molecular complexity index is 410. The van der Waals surface area contributed by atoms with Crippen LogP contribution in [0.5, 0.6) is 0 Å². The van der Waals surface area contributed by atoms with Crippen LogP contribution in [-0.4, -0.2) is 17.6 Å². The van der Waals surface area contributed by atoms with Gasteiger partial charge in [-0.2, -0.15) is 0 Å². The number of halogens is 1. The fourth-order valence-electron chi connectivity index (χ4n) is 2.10. The molecule has 3 heteroatoms. The van der Waals surface area contributed by atoms with E-state index in [-0.39, 0.29) is 5.41 Å². The van der Waals surface area contributed by atoms with Crippen LogP contribution in [0, 0.1) is 0 Å². The number of hydrogen-bond acceptors (Lipinski definition) is 2. The molecule has 0 aromatic carbocycles. The van der Waals surface area contributed by atoms with Crippen molar-refractivity contribution in [3.8, 4) is 0 Å². The Morgan fingerprint density at radius 3 is 2.32 bits per heavy atom. The fraction of sp³-hybridized carbons (Fsp3) is 0.688. The second-order valence-corrected chi connectivity index (χ2v) is 6.41. The summed E-state index contributed by atoms with van der Waals surface area (Å²) in [6.07, 6.45) is 1.12. The first-order valence-electron chi connectivity index (χ1n) is 7.17. The van der Waals surface area contributed by atoms with Gasteiger partial charge in [0.25, 0.3) is 0 Å². The Hall–Kier alpha value is -0.760. The summed E-state index contributed by atoms with van der Waals surface area (Å²) in [7, 11) is 0. The monoisotopic (exact) mass is 282 g/mol. The predicted molar refractivity (Wildman–Crippen MR) is 85.3 cm³/mol. The zero-order chi connectivity index (χ0) is 14.6. The molecule has 1 heterocycles. The summed E-state index contributed by atoms with van der Waals surface area (Å²) in [5.74, 6) is 1.59. The average molecular weight is 283 g/mol. The van der Waals surface area contributed by atoms with Gasteiger partial charge in [0.2, 0.25) is 0 Å². The van der Waals surface area contributed by atoms with E-state index in [0.29, 0.717) is 11.9 Å². The average Bonchev–Trinajstić information content (AvgIpc) is 2.37. The molecule has 1 aromatic heterocycles. The molecule has 0 saturated heterocycles. The lowest BCUT2D eigenvalue weighted by Gasteiger charge is -2.30. The highest BCUT2D eigenvalue weighted by molar-refractivity contribution is 6.17. The van der Waals surface area contributed by atoms with Crippen molar-refractivity contribution in [1.29, 1.82) is 0 Å². The van der Waals surface area contributed by atoms with Crippen LogP contribution in [0.3, 0.4) is 0 Å². The van der Waals surface area contributed by atoms with Gasteiger partial charge in [0.15, 0.2) is 0 Å². The molecule has 0 radical (unpaired) electrons. The van der Waals surface area contributed by atoms with Gasteiger partial charge in [0.1, 0.15) is 5.82 Å². The van der Waals surface area contributed by atoms with Gasteiger partial charge in [0.05, 0.1) is 0 Å². The number of alkyl halides is 1. The molecule has 108 valence electrons. The van der Waals surface area contributed by atoms with Crippen LogP contribution in [0.25, 0.3) is 0 Å². The van der Waals surface area contributed by atoms with Crippen LogP contribution in [-0.2, 0) is 11.3 Å². The molecular formula is C16H27ClN2. The Labute approximate surface area is 123 Å². The van der Waals surface area contributed by atoms with Crippen LogP contribution in [0.2, 0.25) is 0 Å². The second kappa shape index (κ2) is 6.60. The maximum Gasteiger partial charge on any atom is 0.129 e. The highest BCUT2D eigenvalue weighted by Gasteiger charge is 2.20. The van der Waals surface area contributed by atoms with Crippen molar-refractivity contribution >= 4 is 17.4 Å². The van der Waals surface area contributed by atoms with E-state index in [1.54, 1.807) is 0 Å². The van der Waals surface area contributed by atoms with Gasteiger partial charge in [-0.3, -0.25) is 0 Å². The van der Waals surface area contributed by atoms with E-state index in [0.717, 1.165) is 30.0 Å². The van der Waals surface area contributed by atoms with Crippen LogP contribution in [0.4, 0.5) is 5.82 Å². The SMILES string of the molecule is CCC(C)N(CC)c1cc(CCl)cc(C(C)(C)C)n1. The third-order valence-electron chi connectivity index (χ3n) is 3.55. The van der Waals surface area contributed by atoms with Crippen LogP contribution < -0.4 is 4.90 Å². The summed E-state index contributed by atoms with van der Waals surface area (Å²) in [4.78, 5) is 7.21. The third-order valence-corrected chi connectivity index (χ3v) is 3.86. The van der Waals surface area contributed by atoms with E-state index >= 15 is 0 Å². The minimum atomic E-state index is 0.0473. The summed E-state index contributed by atoms with van der Waals surface area (Å²) >= 11 is 6.04. The minimum absolute atomic E-state index is 0.0473. The molecule has 2 nitrogen and oxygen atoms in total. The number of nitrogens with zero attached hydrogens (tertiary/aromatic N) is 2. The molecule has 1 unspecified atom stereocenters. The number of pyridine rings is 1. The lowest BCUT2D eigenvalue weighted by molar-refractivity contribution is 0.561. The summed E-state index contributed by atoms with van der Waals surface area (Å²) in [5.41, 5.74) is 2.31. The molecule has 0 amide bonds. The van der Waals surface area contributed by atoms with Gasteiger partial charge in [-0.05, 0) is 38.0 Å². The molecule has 0 N–H and O–H groups in total. The number of anilines is 1. The highest BCUT2D eigenvalue weighted by atomic mass is 35.5. The maximum absolute atomic E-state index is 6.04. The van der Waals surface area contributed by atoms with Gasteiger partial charge >= 0.3 is 0 Å². The largest absolute Gasteiger partial charge is 0.354 e. The van der Waals surface area contributed by atoms with Gasteiger partial charge < -0.3 is 4.90 Å². The Morgan fingerprint density at radius 2 is 1.89 bits per heavy atom. The van der Waals surface area contributed by atoms with Crippen molar-refractivity contribution in [3.63, 3.8) is 0 Å². The Kier molecular flexibility index (Phi) is 5.66. The molecule has 19 heavy (non-hydrogen) atoms. The van der Waals surface area contributed by atoms with Gasteiger partial charge in [-0.25, -0.2) is 4.98 Å². The third kappa shape index (κ3) is 4.10. The summed E-state index contributed by atoms with van der Waals surface area (Å²) in [5, 5.41) is 0. The molecule has 0 aliphatic heterocycles. The predicted octanol–water partition coefficient (Wildman–Crippen LogP) is 4.74. The van der Waals surface area contributed by atoms with Crippen LogP contribution in [0.1, 0.15) is 59.2 Å². The van der Waals surface area contributed by atoms with Crippen molar-refractivity contribution < 1.29 is 0 Å². The second-order valence-electron chi connectivity index (χ2n) is 6.15. The topological polar surface area (TPSA) is 16.1 Å². The number of hydrogen-bond donors (Lipinski definition) is 0. The van der Waals surface area contributed by atoms with E-state index in [2.05, 4.69) is 58.6 Å². The summed E-state index contributed by atoms with van der Waals surface area (Å²) in [6.45, 7) is 14.2. The molecule has 1 rings (SSSR count). The Morgan fingerprint density at radius 1 is 1.26 bits per heavy atom. The molecule has 0 fully saturated rings. The minimum Gasteiger partial charge on any atom is -0.354 e. The molecule has 0 bridgehead atoms. The fourth-order valence-corrected chi connectivity index (χ4v) is 2.25. The van der Waals surface area contributed by atoms with Crippen LogP contribution in [0.15, 0.2) is 12.1 Å². The smallest absolute Gasteiger partial charge is 0.129 e. The lowest BCUT2D eigenvalue weighted by Crippen LogP contribution is -2.33. The van der Waals surface area contributed by atoms with E-state index in [4.69, 9.17) is 16.6 Å². The van der Waals surface area contributed by atoms with Gasteiger partial charge in [0, 0.05) is 29.6 Å². The van der Waals surface area contributed by atoms with Crippen molar-refractivity contribution in [2.75, 3.05) is 11.4 Å². The lowest BCUT2D eigenvalue weighted by atomic mass is 9.91. The maximum atomic E-state index is 6.04. The first kappa shape index (κ1) is 16.3. The molecule has 0 aliphatic rings. The zero-order valence-electron chi connectivity index (χ0n) is 13.1. The van der Waals surface area contributed by atoms with E-state index < -0.39 is 0 Å². The Balaban J connectivity index is 3.26. The van der Waals surface area contributed by atoms with E-state index in [9.17, 15) is 0 Å². The first-order valence-corrected chi connectivity index (χ1v) is 7.71. The summed E-state index contributed by atoms with van der Waals surface area (Å²) in [6, 6.07) is 4.75. The van der Waals surface area contributed by atoms with Crippen molar-refractivity contribution in [2.45, 2.75) is 65.3 Å². The molecule has 1 atom stereocenters. The normalized spacial score (nSPS) is 13.4. The first-order chi connectivity index (χ1) is 8.83. The van der Waals surface area contributed by atoms with Crippen LogP contribution >= 0.6 is 11.6 Å². The quantitative estimate of drug-likeness (QED) is 0.725. The van der Waals surface area contributed by atoms with Crippen molar-refractivity contribution in [2.24, 2.45) is 0 Å². The number of rotatable bonds is 5. The van der Waals surface area contributed by atoms with Crippen molar-refractivity contribution in [1.82, 2.24) is 4.98 Å². The standard InChI is InChI=1S/C16H27ClN2/c1-7-12(3)19(8-2)15-10-13(11-17)9-14(18-15)16(4,5)6/h9-10,12H,7-8,11H2,1-6H3. The van der Waals surface area contributed by atoms with E-state index in [1.165, 1.54) is 0 Å². The van der Waals surface area contributed by atoms with Crippen molar-refractivity contribution in [3.05, 3.63) is 23.4 Å². The molecular weight excluding hydrogens is 256 g/mol. The summed E-state index contributed by atoms with van der Waals surface area (Å²) < 4.78 is 0. The molecule has 1 aromatic rings. The van der Waals surface area contributed by atoms with Gasteiger partial charge in [-0.15, -0.1) is 11.6 Å². The zero-order valence-corrected chi connectivity index (χ0v) is 13.9. The molecule has 0 aliphatic carbocycles. The number of aromatic nitrogens is 1. The van der Waals surface area contributed by atoms with E-state index in [1.807, 2.05) is 0 Å².